The summed E-state index contributed by atoms with van der Waals surface area (Å²) in [6.45, 7) is 0. The zero-order chi connectivity index (χ0) is 12.8. The van der Waals surface area contributed by atoms with Crippen LogP contribution in [-0.2, 0) is 9.53 Å². The van der Waals surface area contributed by atoms with Crippen LogP contribution in [0.5, 0.6) is 0 Å². The van der Waals surface area contributed by atoms with Gasteiger partial charge < -0.3 is 4.74 Å². The van der Waals surface area contributed by atoms with E-state index < -0.39 is 11.8 Å². The second-order valence-electron chi connectivity index (χ2n) is 2.96. The van der Waals surface area contributed by atoms with Crippen LogP contribution < -0.4 is 11.0 Å². The Bertz CT molecular complexity index is 488. The van der Waals surface area contributed by atoms with Crippen LogP contribution in [-0.4, -0.2) is 13.1 Å². The lowest BCUT2D eigenvalue weighted by molar-refractivity contribution is -0.474. The standard InChI is InChI=1S/C10H9ClFN3O2/c1-17-10(16)9(14-15-13)5-6-4-7(11)2-3-8(6)12/h2-5H,1H3,(H2,13,14)/p+1/b9-5-. The smallest absolute Gasteiger partial charge is 0.380 e. The van der Waals surface area contributed by atoms with Crippen molar-refractivity contribution < 1.29 is 19.0 Å². The third kappa shape index (κ3) is 3.53. The Kier molecular flexibility index (Phi) is 4.59. The molecular weight excluding hydrogens is 249 g/mol. The number of halogens is 2. The lowest BCUT2D eigenvalue weighted by Crippen LogP contribution is -2.66. The molecule has 0 atom stereocenters. The topological polar surface area (TPSA) is 78.7 Å². The van der Waals surface area contributed by atoms with E-state index in [9.17, 15) is 9.18 Å². The molecule has 0 bridgehead atoms. The molecule has 0 heterocycles. The Morgan fingerprint density at radius 3 is 2.94 bits per heavy atom. The molecule has 0 fully saturated rings. The fraction of sp³-hybridized carbons (Fsp3) is 0.100. The average molecular weight is 259 g/mol. The fourth-order valence-electron chi connectivity index (χ4n) is 1.10. The Morgan fingerprint density at radius 2 is 2.35 bits per heavy atom. The van der Waals surface area contributed by atoms with Crippen LogP contribution in [0.1, 0.15) is 5.56 Å². The molecule has 0 unspecified atom stereocenters. The zero-order valence-corrected chi connectivity index (χ0v) is 9.66. The number of carbonyl (C=O) groups excluding carboxylic acids is 1. The largest absolute Gasteiger partial charge is 0.463 e. The van der Waals surface area contributed by atoms with E-state index in [4.69, 9.17) is 17.4 Å². The number of rotatable bonds is 3. The van der Waals surface area contributed by atoms with E-state index in [0.717, 1.165) is 0 Å². The van der Waals surface area contributed by atoms with Gasteiger partial charge >= 0.3 is 5.97 Å². The number of esters is 1. The second kappa shape index (κ2) is 5.95. The van der Waals surface area contributed by atoms with E-state index in [1.807, 2.05) is 0 Å². The second-order valence-corrected chi connectivity index (χ2v) is 3.39. The third-order valence-electron chi connectivity index (χ3n) is 1.85. The van der Waals surface area contributed by atoms with E-state index in [2.05, 4.69) is 15.1 Å². The van der Waals surface area contributed by atoms with Gasteiger partial charge in [-0.1, -0.05) is 11.6 Å². The Labute approximate surface area is 102 Å². The lowest BCUT2D eigenvalue weighted by atomic mass is 10.2. The Hall–Kier alpha value is -1.95. The number of nitrogens with one attached hydrogen (secondary N) is 1. The van der Waals surface area contributed by atoms with Crippen molar-refractivity contribution in [2.45, 2.75) is 0 Å². The van der Waals surface area contributed by atoms with Crippen molar-refractivity contribution in [3.8, 4) is 0 Å². The predicted molar refractivity (Wildman–Crippen MR) is 59.0 cm³/mol. The number of benzene rings is 1. The van der Waals surface area contributed by atoms with E-state index >= 15 is 0 Å². The molecule has 0 radical (unpaired) electrons. The molecule has 0 amide bonds. The highest BCUT2D eigenvalue weighted by molar-refractivity contribution is 6.30. The quantitative estimate of drug-likeness (QED) is 0.271. The highest BCUT2D eigenvalue weighted by Crippen LogP contribution is 2.16. The normalized spacial score (nSPS) is 11.8. The van der Waals surface area contributed by atoms with Gasteiger partial charge in [0.25, 0.3) is 0 Å². The van der Waals surface area contributed by atoms with Crippen LogP contribution in [0.4, 0.5) is 4.39 Å². The first kappa shape index (κ1) is 13.1. The first-order chi connectivity index (χ1) is 8.08. The maximum Gasteiger partial charge on any atom is 0.380 e. The van der Waals surface area contributed by atoms with Gasteiger partial charge in [0, 0.05) is 16.7 Å². The number of carbonyl (C=O) groups is 1. The van der Waals surface area contributed by atoms with Gasteiger partial charge in [0.05, 0.1) is 12.3 Å². The van der Waals surface area contributed by atoms with Crippen LogP contribution in [0.25, 0.3) is 6.08 Å². The molecule has 1 aromatic carbocycles. The monoisotopic (exact) mass is 258 g/mol. The first-order valence-corrected chi connectivity index (χ1v) is 4.87. The van der Waals surface area contributed by atoms with Crippen LogP contribution in [0.3, 0.4) is 0 Å². The molecule has 17 heavy (non-hydrogen) atoms. The number of ether oxygens (including phenoxy) is 1. The molecule has 0 aliphatic rings. The Morgan fingerprint density at radius 1 is 1.65 bits per heavy atom. The van der Waals surface area contributed by atoms with Crippen molar-refractivity contribution in [3.05, 3.63) is 40.3 Å². The van der Waals surface area contributed by atoms with Crippen LogP contribution in [0.2, 0.25) is 5.02 Å². The van der Waals surface area contributed by atoms with Gasteiger partial charge in [0.15, 0.2) is 0 Å². The molecule has 0 saturated heterocycles. The number of nitrogens with two attached hydrogens (primary N) is 1. The van der Waals surface area contributed by atoms with Crippen molar-refractivity contribution in [2.24, 2.45) is 11.1 Å². The summed E-state index contributed by atoms with van der Waals surface area (Å²) in [7, 11) is 1.18. The van der Waals surface area contributed by atoms with Crippen LogP contribution >= 0.6 is 11.6 Å². The van der Waals surface area contributed by atoms with Crippen molar-refractivity contribution >= 4 is 23.6 Å². The van der Waals surface area contributed by atoms with Crippen LogP contribution in [0.15, 0.2) is 29.1 Å². The molecule has 0 spiro atoms. The zero-order valence-electron chi connectivity index (χ0n) is 8.91. The molecule has 0 saturated carbocycles. The van der Waals surface area contributed by atoms with E-state index in [1.54, 1.807) is 0 Å². The van der Waals surface area contributed by atoms with Crippen molar-refractivity contribution in [2.75, 3.05) is 7.11 Å². The number of methoxy groups -OCH3 is 1. The summed E-state index contributed by atoms with van der Waals surface area (Å²) in [6, 6.07) is 3.94. The van der Waals surface area contributed by atoms with Gasteiger partial charge in [0.1, 0.15) is 5.82 Å². The minimum Gasteiger partial charge on any atom is -0.463 e. The SMILES string of the molecule is COC(=O)/C(=C/c1cc(Cl)ccc1F)[NH+]=NN. The highest BCUT2D eigenvalue weighted by Gasteiger charge is 2.13. The number of hydrogen-bond acceptors (Lipinski definition) is 3. The average Bonchev–Trinajstić information content (AvgIpc) is 2.32. The Balaban J connectivity index is 3.21. The fourth-order valence-corrected chi connectivity index (χ4v) is 1.28. The highest BCUT2D eigenvalue weighted by atomic mass is 35.5. The van der Waals surface area contributed by atoms with Crippen molar-refractivity contribution in [1.29, 1.82) is 0 Å². The van der Waals surface area contributed by atoms with Gasteiger partial charge in [-0.3, -0.25) is 0 Å². The lowest BCUT2D eigenvalue weighted by Gasteiger charge is -1.99. The molecule has 1 aromatic rings. The van der Waals surface area contributed by atoms with Crippen molar-refractivity contribution in [3.63, 3.8) is 0 Å². The van der Waals surface area contributed by atoms with Crippen molar-refractivity contribution in [1.82, 2.24) is 0 Å². The van der Waals surface area contributed by atoms with Gasteiger partial charge in [-0.05, 0) is 18.2 Å². The van der Waals surface area contributed by atoms with E-state index in [-0.39, 0.29) is 11.3 Å². The van der Waals surface area contributed by atoms with Gasteiger partial charge in [-0.2, -0.15) is 5.84 Å². The third-order valence-corrected chi connectivity index (χ3v) is 2.08. The van der Waals surface area contributed by atoms with E-state index in [1.165, 1.54) is 31.4 Å². The number of nitrogens with zero attached hydrogens (tertiary/aromatic N) is 1. The minimum atomic E-state index is -0.724. The molecule has 7 heteroatoms. The summed E-state index contributed by atoms with van der Waals surface area (Å²) in [5, 5.41) is 5.63. The molecule has 3 N–H and O–H groups in total. The molecule has 0 aromatic heterocycles. The molecule has 5 nitrogen and oxygen atoms in total. The summed E-state index contributed by atoms with van der Waals surface area (Å²) >= 11 is 5.71. The molecule has 1 rings (SSSR count). The summed E-state index contributed by atoms with van der Waals surface area (Å²) < 4.78 is 17.9. The van der Waals surface area contributed by atoms with E-state index in [0.29, 0.717) is 5.02 Å². The van der Waals surface area contributed by atoms with Crippen LogP contribution in [0, 0.1) is 5.82 Å². The maximum atomic E-state index is 13.4. The summed E-state index contributed by atoms with van der Waals surface area (Å²) in [5.41, 5.74) is 0.0187. The molecule has 0 aliphatic carbocycles. The van der Waals surface area contributed by atoms with Gasteiger partial charge in [0.2, 0.25) is 5.70 Å². The van der Waals surface area contributed by atoms with Gasteiger partial charge in [-0.15, -0.1) is 5.11 Å². The number of hydrogen-bond donors (Lipinski definition) is 2. The predicted octanol–water partition coefficient (Wildman–Crippen LogP) is 0.399. The summed E-state index contributed by atoms with van der Waals surface area (Å²) in [6.07, 6.45) is 1.20. The first-order valence-electron chi connectivity index (χ1n) is 4.49. The molecule has 0 aliphatic heterocycles. The maximum absolute atomic E-state index is 13.4. The summed E-state index contributed by atoms with van der Waals surface area (Å²) in [5.74, 6) is 3.63. The molecule has 90 valence electrons. The molecular formula is C10H10ClFN3O2+. The summed E-state index contributed by atoms with van der Waals surface area (Å²) in [4.78, 5) is 11.3. The van der Waals surface area contributed by atoms with Gasteiger partial charge in [-0.25, -0.2) is 9.18 Å². The minimum absolute atomic E-state index is 0.101.